The molecule has 0 aromatic carbocycles. The van der Waals surface area contributed by atoms with Gasteiger partial charge >= 0.3 is 0 Å². The molecule has 1 aromatic heterocycles. The van der Waals surface area contributed by atoms with Gasteiger partial charge in [0.2, 0.25) is 0 Å². The summed E-state index contributed by atoms with van der Waals surface area (Å²) >= 11 is 4.44. The number of hydrogen-bond acceptors (Lipinski definition) is 4. The summed E-state index contributed by atoms with van der Waals surface area (Å²) in [7, 11) is 0. The first-order chi connectivity index (χ1) is 7.60. The molecule has 1 heterocycles. The van der Waals surface area contributed by atoms with Crippen LogP contribution in [0.5, 0.6) is 0 Å². The standard InChI is InChI=1S/C10H6BrN3OS/c11-8-3-6(7(4-12)16-8)9(15)14-10(5-13)1-2-10/h3H,1-2H2,(H,14,15). The first kappa shape index (κ1) is 11.1. The van der Waals surface area contributed by atoms with E-state index in [0.717, 1.165) is 3.79 Å². The second-order valence-electron chi connectivity index (χ2n) is 3.55. The first-order valence-electron chi connectivity index (χ1n) is 4.53. The van der Waals surface area contributed by atoms with Gasteiger partial charge in [-0.1, -0.05) is 0 Å². The molecule has 80 valence electrons. The predicted molar refractivity (Wildman–Crippen MR) is 61.8 cm³/mol. The van der Waals surface area contributed by atoms with E-state index in [9.17, 15) is 4.79 Å². The van der Waals surface area contributed by atoms with E-state index in [-0.39, 0.29) is 5.91 Å². The number of halogens is 1. The van der Waals surface area contributed by atoms with E-state index in [1.807, 2.05) is 6.07 Å². The lowest BCUT2D eigenvalue weighted by molar-refractivity contribution is 0.0942. The van der Waals surface area contributed by atoms with Crippen LogP contribution in [0.4, 0.5) is 0 Å². The molecule has 1 aliphatic rings. The maximum absolute atomic E-state index is 11.8. The molecule has 6 heteroatoms. The normalized spacial score (nSPS) is 15.9. The van der Waals surface area contributed by atoms with Gasteiger partial charge in [0, 0.05) is 0 Å². The quantitative estimate of drug-likeness (QED) is 0.908. The summed E-state index contributed by atoms with van der Waals surface area (Å²) in [5, 5.41) is 20.4. The third-order valence-corrected chi connectivity index (χ3v) is 3.91. The van der Waals surface area contributed by atoms with Crippen molar-refractivity contribution in [2.75, 3.05) is 0 Å². The largest absolute Gasteiger partial charge is 0.334 e. The molecule has 0 radical (unpaired) electrons. The highest BCUT2D eigenvalue weighted by atomic mass is 79.9. The van der Waals surface area contributed by atoms with Gasteiger partial charge in [0.1, 0.15) is 16.5 Å². The number of carbonyl (C=O) groups excluding carboxylic acids is 1. The van der Waals surface area contributed by atoms with Crippen molar-refractivity contribution in [3.8, 4) is 12.1 Å². The number of nitrogens with one attached hydrogen (secondary N) is 1. The molecule has 1 saturated carbocycles. The highest BCUT2D eigenvalue weighted by molar-refractivity contribution is 9.11. The Morgan fingerprint density at radius 2 is 2.25 bits per heavy atom. The molecule has 1 aromatic rings. The van der Waals surface area contributed by atoms with Gasteiger partial charge in [-0.3, -0.25) is 4.79 Å². The Morgan fingerprint density at radius 1 is 1.56 bits per heavy atom. The van der Waals surface area contributed by atoms with Crippen molar-refractivity contribution in [1.29, 1.82) is 10.5 Å². The molecule has 0 aliphatic heterocycles. The molecule has 1 aliphatic carbocycles. The third kappa shape index (κ3) is 1.95. The van der Waals surface area contributed by atoms with Gasteiger partial charge in [-0.25, -0.2) is 0 Å². The van der Waals surface area contributed by atoms with Crippen LogP contribution in [0, 0.1) is 22.7 Å². The average molecular weight is 296 g/mol. The van der Waals surface area contributed by atoms with Gasteiger partial charge in [0.05, 0.1) is 15.4 Å². The summed E-state index contributed by atoms with van der Waals surface area (Å²) in [4.78, 5) is 12.2. The van der Waals surface area contributed by atoms with E-state index in [4.69, 9.17) is 10.5 Å². The average Bonchev–Trinajstić information content (AvgIpc) is 2.93. The fourth-order valence-electron chi connectivity index (χ4n) is 1.29. The summed E-state index contributed by atoms with van der Waals surface area (Å²) < 4.78 is 0.732. The number of carbonyl (C=O) groups is 1. The summed E-state index contributed by atoms with van der Waals surface area (Å²) in [6, 6.07) is 5.64. The lowest BCUT2D eigenvalue weighted by atomic mass is 10.2. The molecule has 0 saturated heterocycles. The highest BCUT2D eigenvalue weighted by Gasteiger charge is 2.45. The zero-order valence-corrected chi connectivity index (χ0v) is 10.5. The molecule has 0 atom stereocenters. The molecule has 0 unspecified atom stereocenters. The molecule has 1 N–H and O–H groups in total. The third-order valence-electron chi connectivity index (χ3n) is 2.37. The van der Waals surface area contributed by atoms with Gasteiger partial charge in [-0.15, -0.1) is 11.3 Å². The van der Waals surface area contributed by atoms with Gasteiger partial charge in [0.15, 0.2) is 0 Å². The van der Waals surface area contributed by atoms with Crippen LogP contribution in [-0.2, 0) is 0 Å². The number of thiophene rings is 1. The number of nitrogens with zero attached hydrogens (tertiary/aromatic N) is 2. The minimum atomic E-state index is -0.696. The van der Waals surface area contributed by atoms with Crippen molar-refractivity contribution in [2.45, 2.75) is 18.4 Å². The van der Waals surface area contributed by atoms with Crippen molar-refractivity contribution in [1.82, 2.24) is 5.32 Å². The van der Waals surface area contributed by atoms with Crippen LogP contribution in [0.1, 0.15) is 28.1 Å². The van der Waals surface area contributed by atoms with Gasteiger partial charge < -0.3 is 5.32 Å². The van der Waals surface area contributed by atoms with E-state index in [2.05, 4.69) is 27.3 Å². The SMILES string of the molecule is N#Cc1sc(Br)cc1C(=O)NC1(C#N)CC1. The van der Waals surface area contributed by atoms with Crippen LogP contribution in [0.15, 0.2) is 9.85 Å². The van der Waals surface area contributed by atoms with E-state index < -0.39 is 5.54 Å². The molecular formula is C10H6BrN3OS. The molecule has 16 heavy (non-hydrogen) atoms. The maximum atomic E-state index is 11.8. The summed E-state index contributed by atoms with van der Waals surface area (Å²) in [5.41, 5.74) is -0.362. The second-order valence-corrected chi connectivity index (χ2v) is 5.98. The van der Waals surface area contributed by atoms with Gasteiger partial charge in [-0.05, 0) is 34.8 Å². The highest BCUT2D eigenvalue weighted by Crippen LogP contribution is 2.35. The molecular weight excluding hydrogens is 290 g/mol. The fraction of sp³-hybridized carbons (Fsp3) is 0.300. The Labute approximate surface area is 105 Å². The Kier molecular flexibility index (Phi) is 2.71. The van der Waals surface area contributed by atoms with Crippen LogP contribution in [0.3, 0.4) is 0 Å². The van der Waals surface area contributed by atoms with Gasteiger partial charge in [-0.2, -0.15) is 10.5 Å². The van der Waals surface area contributed by atoms with Crippen molar-refractivity contribution in [3.05, 3.63) is 20.3 Å². The van der Waals surface area contributed by atoms with E-state index in [1.165, 1.54) is 11.3 Å². The Morgan fingerprint density at radius 3 is 2.75 bits per heavy atom. The van der Waals surface area contributed by atoms with Crippen LogP contribution >= 0.6 is 27.3 Å². The minimum absolute atomic E-state index is 0.334. The lowest BCUT2D eigenvalue weighted by Gasteiger charge is -2.07. The molecule has 0 spiro atoms. The summed E-state index contributed by atoms with van der Waals surface area (Å²) in [6.45, 7) is 0. The van der Waals surface area contributed by atoms with Crippen LogP contribution in [-0.4, -0.2) is 11.4 Å². The van der Waals surface area contributed by atoms with Crippen molar-refractivity contribution in [3.63, 3.8) is 0 Å². The number of nitriles is 2. The Bertz CT molecular complexity index is 533. The van der Waals surface area contributed by atoms with Crippen LogP contribution < -0.4 is 5.32 Å². The first-order valence-corrected chi connectivity index (χ1v) is 6.14. The molecule has 2 rings (SSSR count). The van der Waals surface area contributed by atoms with Crippen molar-refractivity contribution < 1.29 is 4.79 Å². The Hall–Kier alpha value is -1.37. The molecule has 0 bridgehead atoms. The Balaban J connectivity index is 2.22. The number of amides is 1. The summed E-state index contributed by atoms with van der Waals surface area (Å²) in [6.07, 6.45) is 1.37. The van der Waals surface area contributed by atoms with Crippen LogP contribution in [0.2, 0.25) is 0 Å². The number of rotatable bonds is 2. The van der Waals surface area contributed by atoms with E-state index in [0.29, 0.717) is 23.3 Å². The van der Waals surface area contributed by atoms with Gasteiger partial charge in [0.25, 0.3) is 5.91 Å². The summed E-state index contributed by atoms with van der Waals surface area (Å²) in [5.74, 6) is -0.349. The fourth-order valence-corrected chi connectivity index (χ4v) is 2.68. The molecule has 1 amide bonds. The number of hydrogen-bond donors (Lipinski definition) is 1. The van der Waals surface area contributed by atoms with E-state index >= 15 is 0 Å². The molecule has 1 fully saturated rings. The maximum Gasteiger partial charge on any atom is 0.254 e. The predicted octanol–water partition coefficient (Wildman–Crippen LogP) is 2.17. The zero-order chi connectivity index (χ0) is 11.8. The minimum Gasteiger partial charge on any atom is -0.334 e. The van der Waals surface area contributed by atoms with Crippen molar-refractivity contribution >= 4 is 33.2 Å². The smallest absolute Gasteiger partial charge is 0.254 e. The van der Waals surface area contributed by atoms with Crippen molar-refractivity contribution in [2.24, 2.45) is 0 Å². The van der Waals surface area contributed by atoms with E-state index in [1.54, 1.807) is 6.07 Å². The molecule has 4 nitrogen and oxygen atoms in total. The topological polar surface area (TPSA) is 76.7 Å². The van der Waals surface area contributed by atoms with Crippen LogP contribution in [0.25, 0.3) is 0 Å². The second kappa shape index (κ2) is 3.89. The zero-order valence-electron chi connectivity index (χ0n) is 8.08. The monoisotopic (exact) mass is 295 g/mol. The lowest BCUT2D eigenvalue weighted by Crippen LogP contribution is -2.35.